The lowest BCUT2D eigenvalue weighted by Crippen LogP contribution is -2.09. The second kappa shape index (κ2) is 5.75. The van der Waals surface area contributed by atoms with Crippen molar-refractivity contribution < 1.29 is 14.6 Å². The average Bonchev–Trinajstić information content (AvgIpc) is 2.78. The number of aryl methyl sites for hydroxylation is 1. The maximum atomic E-state index is 11.0. The highest BCUT2D eigenvalue weighted by atomic mass is 79.9. The second-order valence-electron chi connectivity index (χ2n) is 3.97. The molecule has 1 N–H and O–H groups in total. The Morgan fingerprint density at radius 1 is 1.60 bits per heavy atom. The maximum Gasteiger partial charge on any atom is 0.339 e. The van der Waals surface area contributed by atoms with E-state index < -0.39 is 5.97 Å². The zero-order valence-corrected chi connectivity index (χ0v) is 12.1. The van der Waals surface area contributed by atoms with Crippen molar-refractivity contribution in [1.29, 1.82) is 5.26 Å². The quantitative estimate of drug-likeness (QED) is 0.926. The van der Waals surface area contributed by atoms with Gasteiger partial charge in [0, 0.05) is 11.5 Å². The Labute approximate surface area is 123 Å². The van der Waals surface area contributed by atoms with Crippen molar-refractivity contribution in [1.82, 2.24) is 9.78 Å². The molecule has 0 saturated carbocycles. The van der Waals surface area contributed by atoms with E-state index in [0.29, 0.717) is 17.0 Å². The van der Waals surface area contributed by atoms with Crippen LogP contribution < -0.4 is 4.74 Å². The molecule has 1 heterocycles. The molecule has 0 unspecified atom stereocenters. The number of benzene rings is 1. The molecule has 0 aliphatic rings. The monoisotopic (exact) mass is 335 g/mol. The van der Waals surface area contributed by atoms with Crippen LogP contribution in [0.1, 0.15) is 21.6 Å². The number of aromatic nitrogens is 2. The molecule has 102 valence electrons. The van der Waals surface area contributed by atoms with E-state index in [-0.39, 0.29) is 12.2 Å². The second-order valence-corrected chi connectivity index (χ2v) is 4.89. The van der Waals surface area contributed by atoms with E-state index in [0.717, 1.165) is 4.47 Å². The van der Waals surface area contributed by atoms with E-state index in [2.05, 4.69) is 21.0 Å². The minimum Gasteiger partial charge on any atom is -0.486 e. The van der Waals surface area contributed by atoms with Gasteiger partial charge in [-0.15, -0.1) is 0 Å². The first-order valence-electron chi connectivity index (χ1n) is 5.59. The van der Waals surface area contributed by atoms with Crippen molar-refractivity contribution in [3.8, 4) is 11.8 Å². The van der Waals surface area contributed by atoms with Crippen LogP contribution >= 0.6 is 15.9 Å². The van der Waals surface area contributed by atoms with Crippen LogP contribution in [0.5, 0.6) is 5.75 Å². The van der Waals surface area contributed by atoms with E-state index in [4.69, 9.17) is 15.1 Å². The summed E-state index contributed by atoms with van der Waals surface area (Å²) in [6, 6.07) is 7.06. The molecule has 0 bridgehead atoms. The number of carbonyl (C=O) groups is 1. The molecule has 0 spiro atoms. The third kappa shape index (κ3) is 2.81. The Bertz CT molecular complexity index is 703. The molecular weight excluding hydrogens is 326 g/mol. The normalized spacial score (nSPS) is 10.1. The highest BCUT2D eigenvalue weighted by Crippen LogP contribution is 2.23. The van der Waals surface area contributed by atoms with Gasteiger partial charge in [0.05, 0.1) is 17.5 Å². The van der Waals surface area contributed by atoms with Crippen LogP contribution in [0.2, 0.25) is 0 Å². The van der Waals surface area contributed by atoms with Gasteiger partial charge in [0.25, 0.3) is 0 Å². The molecule has 0 radical (unpaired) electrons. The highest BCUT2D eigenvalue weighted by Gasteiger charge is 2.16. The minimum absolute atomic E-state index is 0.0223. The van der Waals surface area contributed by atoms with Crippen molar-refractivity contribution in [3.05, 3.63) is 45.7 Å². The van der Waals surface area contributed by atoms with Crippen molar-refractivity contribution in [2.45, 2.75) is 6.61 Å². The Balaban J connectivity index is 2.24. The molecule has 6 nitrogen and oxygen atoms in total. The van der Waals surface area contributed by atoms with E-state index in [1.807, 2.05) is 6.07 Å². The lowest BCUT2D eigenvalue weighted by molar-refractivity contribution is 0.0693. The van der Waals surface area contributed by atoms with Gasteiger partial charge < -0.3 is 9.84 Å². The molecule has 0 atom stereocenters. The molecular formula is C13H10BrN3O3. The van der Waals surface area contributed by atoms with Gasteiger partial charge in [-0.05, 0) is 18.2 Å². The predicted octanol–water partition coefficient (Wildman–Crippen LogP) is 2.33. The first-order chi connectivity index (χ1) is 9.52. The number of hydrogen-bond acceptors (Lipinski definition) is 4. The summed E-state index contributed by atoms with van der Waals surface area (Å²) in [5, 5.41) is 22.0. The number of ether oxygens (including phenoxy) is 1. The lowest BCUT2D eigenvalue weighted by Gasteiger charge is -2.09. The number of hydrogen-bond donors (Lipinski definition) is 1. The molecule has 7 heteroatoms. The van der Waals surface area contributed by atoms with Crippen LogP contribution in [-0.4, -0.2) is 20.9 Å². The Morgan fingerprint density at radius 2 is 2.35 bits per heavy atom. The van der Waals surface area contributed by atoms with E-state index in [1.54, 1.807) is 25.2 Å². The van der Waals surface area contributed by atoms with E-state index >= 15 is 0 Å². The van der Waals surface area contributed by atoms with Gasteiger partial charge in [-0.1, -0.05) is 15.9 Å². The summed E-state index contributed by atoms with van der Waals surface area (Å²) in [7, 11) is 1.64. The topological polar surface area (TPSA) is 88.1 Å². The van der Waals surface area contributed by atoms with Crippen molar-refractivity contribution in [2.24, 2.45) is 7.05 Å². The third-order valence-electron chi connectivity index (χ3n) is 2.72. The molecule has 0 aliphatic carbocycles. The number of nitrogens with zero attached hydrogens (tertiary/aromatic N) is 3. The van der Waals surface area contributed by atoms with Crippen LogP contribution in [0.3, 0.4) is 0 Å². The largest absolute Gasteiger partial charge is 0.486 e. The summed E-state index contributed by atoms with van der Waals surface area (Å²) in [6.07, 6.45) is 1.27. The van der Waals surface area contributed by atoms with Gasteiger partial charge in [-0.25, -0.2) is 4.79 Å². The average molecular weight is 336 g/mol. The SMILES string of the molecule is Cn1ncc(C(=O)O)c1COc1ccc(Br)cc1C#N. The maximum absolute atomic E-state index is 11.0. The van der Waals surface area contributed by atoms with Gasteiger partial charge in [0.1, 0.15) is 24.0 Å². The van der Waals surface area contributed by atoms with Crippen LogP contribution in [0.25, 0.3) is 0 Å². The summed E-state index contributed by atoms with van der Waals surface area (Å²) in [5.74, 6) is -0.666. The summed E-state index contributed by atoms with van der Waals surface area (Å²) < 4.78 is 7.74. The fourth-order valence-corrected chi connectivity index (χ4v) is 2.04. The van der Waals surface area contributed by atoms with Gasteiger partial charge in [0.2, 0.25) is 0 Å². The molecule has 20 heavy (non-hydrogen) atoms. The molecule has 2 rings (SSSR count). The van der Waals surface area contributed by atoms with Crippen LogP contribution in [0.15, 0.2) is 28.9 Å². The Morgan fingerprint density at radius 3 is 3.00 bits per heavy atom. The fourth-order valence-electron chi connectivity index (χ4n) is 1.67. The number of aromatic carboxylic acids is 1. The number of halogens is 1. The molecule has 0 amide bonds. The fraction of sp³-hybridized carbons (Fsp3) is 0.154. The summed E-state index contributed by atoms with van der Waals surface area (Å²) >= 11 is 3.27. The van der Waals surface area contributed by atoms with Crippen LogP contribution in [-0.2, 0) is 13.7 Å². The number of carboxylic acid groups (broad SMARTS) is 1. The number of rotatable bonds is 4. The Hall–Kier alpha value is -2.33. The van der Waals surface area contributed by atoms with Gasteiger partial charge in [-0.2, -0.15) is 10.4 Å². The smallest absolute Gasteiger partial charge is 0.339 e. The molecule has 1 aromatic heterocycles. The first-order valence-corrected chi connectivity index (χ1v) is 6.39. The predicted molar refractivity (Wildman–Crippen MR) is 73.4 cm³/mol. The minimum atomic E-state index is -1.06. The zero-order chi connectivity index (χ0) is 14.7. The van der Waals surface area contributed by atoms with Crippen LogP contribution in [0.4, 0.5) is 0 Å². The highest BCUT2D eigenvalue weighted by molar-refractivity contribution is 9.10. The Kier molecular flexibility index (Phi) is 4.05. The van der Waals surface area contributed by atoms with E-state index in [1.165, 1.54) is 10.9 Å². The summed E-state index contributed by atoms with van der Waals surface area (Å²) in [6.45, 7) is 0.0223. The van der Waals surface area contributed by atoms with Crippen molar-refractivity contribution in [2.75, 3.05) is 0 Å². The zero-order valence-electron chi connectivity index (χ0n) is 10.5. The molecule has 0 fully saturated rings. The standard InChI is InChI=1S/C13H10BrN3O3/c1-17-11(10(6-16-17)13(18)19)7-20-12-3-2-9(14)4-8(12)5-15/h2-4,6H,7H2,1H3,(H,18,19). The molecule has 0 saturated heterocycles. The molecule has 2 aromatic rings. The van der Waals surface area contributed by atoms with Gasteiger partial charge >= 0.3 is 5.97 Å². The van der Waals surface area contributed by atoms with Crippen molar-refractivity contribution in [3.63, 3.8) is 0 Å². The van der Waals surface area contributed by atoms with E-state index in [9.17, 15) is 4.79 Å². The molecule has 1 aromatic carbocycles. The summed E-state index contributed by atoms with van der Waals surface area (Å²) in [4.78, 5) is 11.0. The molecule has 0 aliphatic heterocycles. The first kappa shape index (κ1) is 14.1. The summed E-state index contributed by atoms with van der Waals surface area (Å²) in [5.41, 5.74) is 0.894. The van der Waals surface area contributed by atoms with Gasteiger partial charge in [-0.3, -0.25) is 4.68 Å². The number of carboxylic acids is 1. The van der Waals surface area contributed by atoms with Crippen LogP contribution in [0, 0.1) is 11.3 Å². The van der Waals surface area contributed by atoms with Crippen molar-refractivity contribution >= 4 is 21.9 Å². The number of nitriles is 1. The third-order valence-corrected chi connectivity index (χ3v) is 3.21. The van der Waals surface area contributed by atoms with Gasteiger partial charge in [0.15, 0.2) is 0 Å². The lowest BCUT2D eigenvalue weighted by atomic mass is 10.2.